The van der Waals surface area contributed by atoms with E-state index in [0.29, 0.717) is 5.41 Å². The van der Waals surface area contributed by atoms with Crippen LogP contribution in [0.25, 0.3) is 0 Å². The maximum atomic E-state index is 2.44. The lowest BCUT2D eigenvalue weighted by Crippen LogP contribution is -2.03. The molecule has 3 aliphatic carbocycles. The highest BCUT2D eigenvalue weighted by atomic mass is 14.6. The summed E-state index contributed by atoms with van der Waals surface area (Å²) in [5.74, 6) is 1.54. The molecule has 0 N–H and O–H groups in total. The van der Waals surface area contributed by atoms with Gasteiger partial charge in [0, 0.05) is 11.8 Å². The van der Waals surface area contributed by atoms with Crippen LogP contribution in [0.4, 0.5) is 0 Å². The Hall–Kier alpha value is -1.04. The third-order valence-corrected chi connectivity index (χ3v) is 4.23. The molecule has 2 atom stereocenters. The molecule has 1 aromatic rings. The average Bonchev–Trinajstić information content (AvgIpc) is 2.81. The summed E-state index contributed by atoms with van der Waals surface area (Å²) in [6, 6.07) is 9.01. The minimum atomic E-state index is 0.670. The predicted molar refractivity (Wildman–Crippen MR) is 52.7 cm³/mol. The maximum absolute atomic E-state index is 2.44. The summed E-state index contributed by atoms with van der Waals surface area (Å²) in [7, 11) is 0. The van der Waals surface area contributed by atoms with Crippen molar-refractivity contribution in [2.24, 2.45) is 5.41 Å². The minimum Gasteiger partial charge on any atom is -0.0798 e. The van der Waals surface area contributed by atoms with Crippen molar-refractivity contribution < 1.29 is 0 Å². The van der Waals surface area contributed by atoms with Crippen LogP contribution in [0.1, 0.15) is 35.8 Å². The van der Waals surface area contributed by atoms with E-state index in [1.807, 2.05) is 0 Å². The first-order valence-corrected chi connectivity index (χ1v) is 5.19. The van der Waals surface area contributed by atoms with Gasteiger partial charge >= 0.3 is 0 Å². The van der Waals surface area contributed by atoms with Gasteiger partial charge in [0.1, 0.15) is 0 Å². The maximum Gasteiger partial charge on any atom is 0.00865 e. The van der Waals surface area contributed by atoms with Gasteiger partial charge in [0.2, 0.25) is 0 Å². The van der Waals surface area contributed by atoms with Gasteiger partial charge in [-0.15, -0.1) is 0 Å². The first-order valence-electron chi connectivity index (χ1n) is 5.19. The Morgan fingerprint density at radius 2 is 1.46 bits per heavy atom. The van der Waals surface area contributed by atoms with Crippen LogP contribution < -0.4 is 0 Å². The van der Waals surface area contributed by atoms with Crippen molar-refractivity contribution in [2.45, 2.75) is 24.7 Å². The second kappa shape index (κ2) is 1.75. The van der Waals surface area contributed by atoms with Gasteiger partial charge in [-0.3, -0.25) is 0 Å². The number of hydrogen-bond acceptors (Lipinski definition) is 0. The van der Waals surface area contributed by atoms with Crippen LogP contribution in [0.5, 0.6) is 0 Å². The van der Waals surface area contributed by atoms with Gasteiger partial charge in [0.05, 0.1) is 0 Å². The molecular weight excluding hydrogens is 156 g/mol. The molecule has 64 valence electrons. The molecule has 0 radical (unpaired) electrons. The molecule has 2 bridgehead atoms. The summed E-state index contributed by atoms with van der Waals surface area (Å²) in [4.78, 5) is 0. The molecule has 0 heteroatoms. The van der Waals surface area contributed by atoms with E-state index in [-0.39, 0.29) is 0 Å². The molecule has 1 aromatic carbocycles. The zero-order chi connectivity index (χ0) is 8.47. The second-order valence-corrected chi connectivity index (χ2v) is 4.70. The molecule has 13 heavy (non-hydrogen) atoms. The second-order valence-electron chi connectivity index (χ2n) is 4.70. The summed E-state index contributed by atoms with van der Waals surface area (Å²) in [5, 5.41) is 0. The lowest BCUT2D eigenvalue weighted by molar-refractivity contribution is 0.484. The van der Waals surface area contributed by atoms with Gasteiger partial charge in [0.15, 0.2) is 0 Å². The largest absolute Gasteiger partial charge is 0.0798 e. The molecule has 0 nitrogen and oxygen atoms in total. The first-order chi connectivity index (χ1) is 6.42. The monoisotopic (exact) mass is 168 g/mol. The van der Waals surface area contributed by atoms with Crippen LogP contribution >= 0.6 is 0 Å². The third-order valence-electron chi connectivity index (χ3n) is 4.23. The highest BCUT2D eigenvalue weighted by Gasteiger charge is 2.61. The van der Waals surface area contributed by atoms with E-state index >= 15 is 0 Å². The van der Waals surface area contributed by atoms with Crippen LogP contribution in [0.3, 0.4) is 0 Å². The van der Waals surface area contributed by atoms with E-state index in [0.717, 1.165) is 11.8 Å². The van der Waals surface area contributed by atoms with E-state index in [9.17, 15) is 0 Å². The molecule has 0 saturated heterocycles. The highest BCUT2D eigenvalue weighted by molar-refractivity contribution is 5.54. The first kappa shape index (κ1) is 6.42. The van der Waals surface area contributed by atoms with Crippen LogP contribution in [-0.4, -0.2) is 0 Å². The summed E-state index contributed by atoms with van der Waals surface area (Å²) >= 11 is 0. The van der Waals surface area contributed by atoms with E-state index in [4.69, 9.17) is 0 Å². The highest BCUT2D eigenvalue weighted by Crippen LogP contribution is 2.73. The quantitative estimate of drug-likeness (QED) is 0.522. The van der Waals surface area contributed by atoms with Gasteiger partial charge in [-0.25, -0.2) is 0 Å². The molecule has 0 aromatic heterocycles. The normalized spacial score (nSPS) is 35.4. The van der Waals surface area contributed by atoms with Crippen molar-refractivity contribution in [3.8, 4) is 0 Å². The van der Waals surface area contributed by atoms with E-state index in [1.165, 1.54) is 12.8 Å². The minimum absolute atomic E-state index is 0.670. The van der Waals surface area contributed by atoms with Crippen molar-refractivity contribution in [3.63, 3.8) is 0 Å². The van der Waals surface area contributed by atoms with Gasteiger partial charge in [-0.2, -0.15) is 0 Å². The lowest BCUT2D eigenvalue weighted by Gasteiger charge is -2.12. The van der Waals surface area contributed by atoms with Crippen molar-refractivity contribution >= 4 is 0 Å². The fourth-order valence-corrected chi connectivity index (χ4v) is 3.47. The van der Waals surface area contributed by atoms with Crippen LogP contribution in [0.2, 0.25) is 0 Å². The van der Waals surface area contributed by atoms with E-state index in [1.54, 1.807) is 11.1 Å². The zero-order valence-corrected chi connectivity index (χ0v) is 7.53. The summed E-state index contributed by atoms with van der Waals surface area (Å²) in [5.41, 5.74) is 3.91. The Bertz CT molecular complexity index is 375. The Morgan fingerprint density at radius 3 is 1.92 bits per heavy atom. The number of allylic oxidation sites excluding steroid dienone is 2. The van der Waals surface area contributed by atoms with Crippen molar-refractivity contribution in [3.05, 3.63) is 47.5 Å². The van der Waals surface area contributed by atoms with Crippen molar-refractivity contribution in [1.29, 1.82) is 0 Å². The van der Waals surface area contributed by atoms with Crippen molar-refractivity contribution in [2.75, 3.05) is 0 Å². The lowest BCUT2D eigenvalue weighted by atomic mass is 9.90. The number of benzene rings is 1. The summed E-state index contributed by atoms with van der Waals surface area (Å²) in [6.45, 7) is 0. The molecule has 4 rings (SSSR count). The molecular formula is C13H12. The molecule has 3 aliphatic rings. The number of hydrogen-bond donors (Lipinski definition) is 0. The molecule has 1 spiro atoms. The van der Waals surface area contributed by atoms with E-state index in [2.05, 4.69) is 36.4 Å². The fraction of sp³-hybridized carbons (Fsp3) is 0.385. The van der Waals surface area contributed by atoms with Gasteiger partial charge in [0.25, 0.3) is 0 Å². The van der Waals surface area contributed by atoms with Gasteiger partial charge in [-0.05, 0) is 29.4 Å². The third kappa shape index (κ3) is 0.551. The average molecular weight is 168 g/mol. The van der Waals surface area contributed by atoms with Gasteiger partial charge in [-0.1, -0.05) is 36.4 Å². The predicted octanol–water partition coefficient (Wildman–Crippen LogP) is 3.22. The Morgan fingerprint density at radius 1 is 0.923 bits per heavy atom. The molecule has 0 aliphatic heterocycles. The number of fused-ring (bicyclic) bond motifs is 3. The smallest absolute Gasteiger partial charge is 0.00865 e. The molecule has 1 saturated carbocycles. The molecule has 0 heterocycles. The van der Waals surface area contributed by atoms with Gasteiger partial charge < -0.3 is 0 Å². The Balaban J connectivity index is 2.03. The molecule has 0 unspecified atom stereocenters. The standard InChI is InChI=1S/C13H12/c1-2-4-10-9(3-1)11-5-6-12(10)13(11)7-8-13/h1-6,11-12H,7-8H2/t11-,12+. The van der Waals surface area contributed by atoms with Crippen molar-refractivity contribution in [1.82, 2.24) is 0 Å². The van der Waals surface area contributed by atoms with Crippen LogP contribution in [-0.2, 0) is 0 Å². The summed E-state index contributed by atoms with van der Waals surface area (Å²) in [6.07, 6.45) is 7.79. The molecule has 1 fully saturated rings. The summed E-state index contributed by atoms with van der Waals surface area (Å²) < 4.78 is 0. The topological polar surface area (TPSA) is 0 Å². The van der Waals surface area contributed by atoms with Crippen LogP contribution in [0.15, 0.2) is 36.4 Å². The SMILES string of the molecule is C1=C[C@H]2c3ccccc3[C@@H]1C21CC1. The number of rotatable bonds is 0. The fourth-order valence-electron chi connectivity index (χ4n) is 3.47. The molecule has 0 amide bonds. The van der Waals surface area contributed by atoms with E-state index < -0.39 is 0 Å². The Kier molecular flexibility index (Phi) is 0.862. The Labute approximate surface area is 78.3 Å². The van der Waals surface area contributed by atoms with Crippen LogP contribution in [0, 0.1) is 5.41 Å². The zero-order valence-electron chi connectivity index (χ0n) is 7.53.